The molecule has 0 radical (unpaired) electrons. The number of aromatic nitrogens is 1. The molecule has 1 fully saturated rings. The summed E-state index contributed by atoms with van der Waals surface area (Å²) in [6.45, 7) is 3.17. The smallest absolute Gasteiger partial charge is 0.0972 e. The first-order valence-electron chi connectivity index (χ1n) is 6.12. The Morgan fingerprint density at radius 2 is 2.50 bits per heavy atom. The lowest BCUT2D eigenvalue weighted by molar-refractivity contribution is 0.250. The second-order valence-electron chi connectivity index (χ2n) is 4.67. The SMILES string of the molecule is CN1CCCC(c2nc(CCCN)cs2)C1. The second-order valence-corrected chi connectivity index (χ2v) is 5.56. The van der Waals surface area contributed by atoms with Crippen LogP contribution in [0.3, 0.4) is 0 Å². The molecule has 1 aromatic rings. The standard InChI is InChI=1S/C12H21N3S/c1-15-7-3-4-10(8-15)12-14-11(9-16-12)5-2-6-13/h9-10H,2-8,13H2,1H3. The largest absolute Gasteiger partial charge is 0.330 e. The van der Waals surface area contributed by atoms with Gasteiger partial charge in [-0.2, -0.15) is 0 Å². The number of nitrogens with two attached hydrogens (primary N) is 1. The highest BCUT2D eigenvalue weighted by Gasteiger charge is 2.21. The number of likely N-dealkylation sites (tertiary alicyclic amines) is 1. The Labute approximate surface area is 102 Å². The van der Waals surface area contributed by atoms with Gasteiger partial charge in [0, 0.05) is 17.8 Å². The number of hydrogen-bond donors (Lipinski definition) is 1. The van der Waals surface area contributed by atoms with Crippen molar-refractivity contribution < 1.29 is 0 Å². The fraction of sp³-hybridized carbons (Fsp3) is 0.750. The van der Waals surface area contributed by atoms with E-state index in [1.54, 1.807) is 0 Å². The quantitative estimate of drug-likeness (QED) is 0.872. The summed E-state index contributed by atoms with van der Waals surface area (Å²) >= 11 is 1.83. The maximum Gasteiger partial charge on any atom is 0.0972 e. The van der Waals surface area contributed by atoms with E-state index in [0.29, 0.717) is 5.92 Å². The Hall–Kier alpha value is -0.450. The van der Waals surface area contributed by atoms with E-state index in [4.69, 9.17) is 10.7 Å². The highest BCUT2D eigenvalue weighted by molar-refractivity contribution is 7.09. The van der Waals surface area contributed by atoms with Gasteiger partial charge in [-0.15, -0.1) is 11.3 Å². The summed E-state index contributed by atoms with van der Waals surface area (Å²) in [5.41, 5.74) is 6.75. The zero-order chi connectivity index (χ0) is 11.4. The molecule has 0 spiro atoms. The maximum absolute atomic E-state index is 5.51. The molecule has 1 saturated heterocycles. The van der Waals surface area contributed by atoms with E-state index in [2.05, 4.69) is 17.3 Å². The molecule has 3 nitrogen and oxygen atoms in total. The molecule has 1 aliphatic heterocycles. The summed E-state index contributed by atoms with van der Waals surface area (Å²) < 4.78 is 0. The van der Waals surface area contributed by atoms with Crippen molar-refractivity contribution in [2.24, 2.45) is 5.73 Å². The average molecular weight is 239 g/mol. The minimum absolute atomic E-state index is 0.662. The minimum atomic E-state index is 0.662. The lowest BCUT2D eigenvalue weighted by Crippen LogP contribution is -2.30. The van der Waals surface area contributed by atoms with Crippen LogP contribution in [0.4, 0.5) is 0 Å². The number of nitrogens with zero attached hydrogens (tertiary/aromatic N) is 2. The van der Waals surface area contributed by atoms with Crippen LogP contribution < -0.4 is 5.73 Å². The third-order valence-corrected chi connectivity index (χ3v) is 4.24. The van der Waals surface area contributed by atoms with Crippen molar-refractivity contribution in [3.8, 4) is 0 Å². The van der Waals surface area contributed by atoms with Gasteiger partial charge in [-0.05, 0) is 45.8 Å². The van der Waals surface area contributed by atoms with Crippen molar-refractivity contribution in [3.05, 3.63) is 16.1 Å². The molecule has 1 unspecified atom stereocenters. The van der Waals surface area contributed by atoms with Gasteiger partial charge in [-0.1, -0.05) is 0 Å². The minimum Gasteiger partial charge on any atom is -0.330 e. The molecule has 2 heterocycles. The monoisotopic (exact) mass is 239 g/mol. The Bertz CT molecular complexity index is 324. The third-order valence-electron chi connectivity index (χ3n) is 3.18. The lowest BCUT2D eigenvalue weighted by atomic mass is 9.99. The van der Waals surface area contributed by atoms with Gasteiger partial charge < -0.3 is 10.6 Å². The summed E-state index contributed by atoms with van der Waals surface area (Å²) in [7, 11) is 2.20. The van der Waals surface area contributed by atoms with Crippen molar-refractivity contribution in [1.82, 2.24) is 9.88 Å². The Morgan fingerprint density at radius 1 is 1.62 bits per heavy atom. The summed E-state index contributed by atoms with van der Waals surface area (Å²) in [5.74, 6) is 0.662. The number of rotatable bonds is 4. The molecule has 1 aliphatic rings. The van der Waals surface area contributed by atoms with E-state index in [1.165, 1.54) is 36.6 Å². The summed E-state index contributed by atoms with van der Waals surface area (Å²) in [6, 6.07) is 0. The molecule has 4 heteroatoms. The first-order chi connectivity index (χ1) is 7.79. The van der Waals surface area contributed by atoms with Gasteiger partial charge in [0.2, 0.25) is 0 Å². The van der Waals surface area contributed by atoms with Crippen LogP contribution in [0.25, 0.3) is 0 Å². The van der Waals surface area contributed by atoms with E-state index in [0.717, 1.165) is 19.4 Å². The van der Waals surface area contributed by atoms with Gasteiger partial charge in [0.25, 0.3) is 0 Å². The van der Waals surface area contributed by atoms with Crippen LogP contribution in [-0.2, 0) is 6.42 Å². The van der Waals surface area contributed by atoms with Crippen LogP contribution in [0.2, 0.25) is 0 Å². The first-order valence-corrected chi connectivity index (χ1v) is 7.00. The number of hydrogen-bond acceptors (Lipinski definition) is 4. The summed E-state index contributed by atoms with van der Waals surface area (Å²) in [5, 5.41) is 3.54. The molecule has 0 aromatic carbocycles. The molecule has 90 valence electrons. The van der Waals surface area contributed by atoms with E-state index in [-0.39, 0.29) is 0 Å². The fourth-order valence-corrected chi connectivity index (χ4v) is 3.26. The Balaban J connectivity index is 1.95. The van der Waals surface area contributed by atoms with Gasteiger partial charge in [0.15, 0.2) is 0 Å². The number of piperidine rings is 1. The number of aryl methyl sites for hydroxylation is 1. The normalized spacial score (nSPS) is 22.5. The van der Waals surface area contributed by atoms with Gasteiger partial charge >= 0.3 is 0 Å². The van der Waals surface area contributed by atoms with Crippen LogP contribution in [-0.4, -0.2) is 36.6 Å². The fourth-order valence-electron chi connectivity index (χ4n) is 2.28. The van der Waals surface area contributed by atoms with Gasteiger partial charge in [0.05, 0.1) is 10.7 Å². The third kappa shape index (κ3) is 3.03. The first kappa shape index (κ1) is 12.0. The van der Waals surface area contributed by atoms with Crippen molar-refractivity contribution >= 4 is 11.3 Å². The Kier molecular flexibility index (Phi) is 4.32. The van der Waals surface area contributed by atoms with Crippen molar-refractivity contribution in [2.45, 2.75) is 31.6 Å². The van der Waals surface area contributed by atoms with Crippen LogP contribution in [0.5, 0.6) is 0 Å². The number of thiazole rings is 1. The zero-order valence-electron chi connectivity index (χ0n) is 9.98. The van der Waals surface area contributed by atoms with E-state index in [1.807, 2.05) is 11.3 Å². The number of likely N-dealkylation sites (N-methyl/N-ethyl adjacent to an activating group) is 1. The Morgan fingerprint density at radius 3 is 3.25 bits per heavy atom. The molecule has 16 heavy (non-hydrogen) atoms. The van der Waals surface area contributed by atoms with E-state index >= 15 is 0 Å². The zero-order valence-corrected chi connectivity index (χ0v) is 10.8. The maximum atomic E-state index is 5.51. The van der Waals surface area contributed by atoms with Gasteiger partial charge in [0.1, 0.15) is 0 Å². The molecule has 2 N–H and O–H groups in total. The van der Waals surface area contributed by atoms with Gasteiger partial charge in [-0.25, -0.2) is 4.98 Å². The van der Waals surface area contributed by atoms with Crippen molar-refractivity contribution in [2.75, 3.05) is 26.7 Å². The molecule has 0 aliphatic carbocycles. The molecule has 0 saturated carbocycles. The summed E-state index contributed by atoms with van der Waals surface area (Å²) in [6.07, 6.45) is 4.69. The van der Waals surface area contributed by atoms with Gasteiger partial charge in [-0.3, -0.25) is 0 Å². The topological polar surface area (TPSA) is 42.2 Å². The van der Waals surface area contributed by atoms with Crippen molar-refractivity contribution in [3.63, 3.8) is 0 Å². The molecular weight excluding hydrogens is 218 g/mol. The highest BCUT2D eigenvalue weighted by atomic mass is 32.1. The average Bonchev–Trinajstić information content (AvgIpc) is 2.75. The second kappa shape index (κ2) is 5.75. The predicted molar refractivity (Wildman–Crippen MR) is 69.0 cm³/mol. The van der Waals surface area contributed by atoms with Crippen LogP contribution >= 0.6 is 11.3 Å². The summed E-state index contributed by atoms with van der Waals surface area (Å²) in [4.78, 5) is 7.15. The van der Waals surface area contributed by atoms with E-state index in [9.17, 15) is 0 Å². The van der Waals surface area contributed by atoms with Crippen LogP contribution in [0.1, 0.15) is 35.9 Å². The molecule has 1 aromatic heterocycles. The van der Waals surface area contributed by atoms with Crippen molar-refractivity contribution in [1.29, 1.82) is 0 Å². The predicted octanol–water partition coefficient (Wildman–Crippen LogP) is 1.84. The van der Waals surface area contributed by atoms with Crippen LogP contribution in [0, 0.1) is 0 Å². The molecule has 1 atom stereocenters. The molecule has 2 rings (SSSR count). The van der Waals surface area contributed by atoms with E-state index < -0.39 is 0 Å². The highest BCUT2D eigenvalue weighted by Crippen LogP contribution is 2.28. The molecule has 0 bridgehead atoms. The molecule has 0 amide bonds. The van der Waals surface area contributed by atoms with Crippen LogP contribution in [0.15, 0.2) is 5.38 Å². The molecular formula is C12H21N3S. The lowest BCUT2D eigenvalue weighted by Gasteiger charge is -2.28.